The summed E-state index contributed by atoms with van der Waals surface area (Å²) in [6.45, 7) is 1.35. The third kappa shape index (κ3) is 4.87. The predicted octanol–water partition coefficient (Wildman–Crippen LogP) is 4.71. The monoisotopic (exact) mass is 437 g/mol. The maximum Gasteiger partial charge on any atom is 0.165 e. The molecule has 31 heavy (non-hydrogen) atoms. The third-order valence-electron chi connectivity index (χ3n) is 4.77. The molecule has 2 aromatic carbocycles. The minimum Gasteiger partial charge on any atom is -0.497 e. The number of benzene rings is 2. The van der Waals surface area contributed by atoms with Crippen molar-refractivity contribution < 1.29 is 4.74 Å². The molecule has 0 bridgehead atoms. The lowest BCUT2D eigenvalue weighted by Gasteiger charge is -2.09. The highest BCUT2D eigenvalue weighted by atomic mass is 35.5. The summed E-state index contributed by atoms with van der Waals surface area (Å²) in [5.74, 6) is 2.05. The summed E-state index contributed by atoms with van der Waals surface area (Å²) >= 11 is 6.15. The van der Waals surface area contributed by atoms with Crippen molar-refractivity contribution in [3.8, 4) is 5.75 Å². The molecule has 0 aliphatic rings. The summed E-state index contributed by atoms with van der Waals surface area (Å²) in [6, 6.07) is 15.2. The summed E-state index contributed by atoms with van der Waals surface area (Å²) in [6.07, 6.45) is 3.36. The number of halogens is 1. The van der Waals surface area contributed by atoms with Crippen molar-refractivity contribution in [3.63, 3.8) is 0 Å². The maximum atomic E-state index is 6.15. The maximum absolute atomic E-state index is 6.15. The van der Waals surface area contributed by atoms with Gasteiger partial charge in [0.2, 0.25) is 0 Å². The molecule has 0 unspecified atom stereocenters. The van der Waals surface area contributed by atoms with Crippen molar-refractivity contribution in [3.05, 3.63) is 59.9 Å². The van der Waals surface area contributed by atoms with Gasteiger partial charge in [0.1, 0.15) is 23.3 Å². The molecule has 8 nitrogen and oxygen atoms in total. The molecule has 0 amide bonds. The number of aryl methyl sites for hydroxylation is 1. The predicted molar refractivity (Wildman–Crippen MR) is 125 cm³/mol. The van der Waals surface area contributed by atoms with Crippen LogP contribution in [0.15, 0.2) is 54.9 Å². The normalized spacial score (nSPS) is 10.9. The quantitative estimate of drug-likeness (QED) is 0.325. The van der Waals surface area contributed by atoms with Crippen LogP contribution in [0.4, 0.5) is 23.0 Å². The van der Waals surface area contributed by atoms with E-state index in [0.717, 1.165) is 41.0 Å². The second-order valence-corrected chi connectivity index (χ2v) is 7.42. The molecule has 0 radical (unpaired) electrons. The fourth-order valence-corrected chi connectivity index (χ4v) is 3.48. The Morgan fingerprint density at radius 1 is 1.00 bits per heavy atom. The fourth-order valence-electron chi connectivity index (χ4n) is 3.29. The van der Waals surface area contributed by atoms with Gasteiger partial charge in [-0.25, -0.2) is 14.6 Å². The van der Waals surface area contributed by atoms with Crippen LogP contribution in [0.1, 0.15) is 12.8 Å². The van der Waals surface area contributed by atoms with Crippen molar-refractivity contribution >= 4 is 45.6 Å². The van der Waals surface area contributed by atoms with Crippen LogP contribution in [0, 0.1) is 0 Å². The standard InChI is InChI=1S/C22H24ClN7O/c1-31-18-9-5-8-17(13-18)28-21-19-20(27-16-7-4-6-15(23)12-16)25-14-26-22(19)30(29-21)11-3-2-10-24/h4-9,12-14H,2-3,10-11,24H2,1H3,(H,28,29)(H,25,26,27). The zero-order chi connectivity index (χ0) is 21.6. The number of hydrogen-bond donors (Lipinski definition) is 3. The van der Waals surface area contributed by atoms with Crippen LogP contribution in [-0.4, -0.2) is 33.4 Å². The summed E-state index contributed by atoms with van der Waals surface area (Å²) in [7, 11) is 1.64. The molecular formula is C22H24ClN7O. The van der Waals surface area contributed by atoms with E-state index in [-0.39, 0.29) is 0 Å². The number of nitrogens with two attached hydrogens (primary N) is 1. The molecule has 160 valence electrons. The van der Waals surface area contributed by atoms with Gasteiger partial charge in [-0.3, -0.25) is 0 Å². The van der Waals surface area contributed by atoms with Gasteiger partial charge in [0.05, 0.1) is 7.11 Å². The Labute approximate surface area is 185 Å². The van der Waals surface area contributed by atoms with E-state index < -0.39 is 0 Å². The lowest BCUT2D eigenvalue weighted by atomic mass is 10.2. The summed E-state index contributed by atoms with van der Waals surface area (Å²) < 4.78 is 7.22. The highest BCUT2D eigenvalue weighted by molar-refractivity contribution is 6.30. The topological polar surface area (TPSA) is 103 Å². The second kappa shape index (κ2) is 9.63. The zero-order valence-corrected chi connectivity index (χ0v) is 17.9. The first-order chi connectivity index (χ1) is 15.2. The fraction of sp³-hybridized carbons (Fsp3) is 0.227. The molecule has 0 atom stereocenters. The Hall–Kier alpha value is -3.36. The highest BCUT2D eigenvalue weighted by Gasteiger charge is 2.17. The molecule has 0 fully saturated rings. The number of unbranched alkanes of at least 4 members (excludes halogenated alkanes) is 1. The number of fused-ring (bicyclic) bond motifs is 1. The van der Waals surface area contributed by atoms with Crippen LogP contribution >= 0.6 is 11.6 Å². The van der Waals surface area contributed by atoms with E-state index in [1.807, 2.05) is 53.2 Å². The molecule has 2 aromatic heterocycles. The average molecular weight is 438 g/mol. The molecule has 4 rings (SSSR count). The van der Waals surface area contributed by atoms with Crippen molar-refractivity contribution in [2.75, 3.05) is 24.3 Å². The molecule has 0 saturated carbocycles. The smallest absolute Gasteiger partial charge is 0.165 e. The number of nitrogens with one attached hydrogen (secondary N) is 2. The molecule has 4 aromatic rings. The van der Waals surface area contributed by atoms with Gasteiger partial charge in [-0.15, -0.1) is 0 Å². The zero-order valence-electron chi connectivity index (χ0n) is 17.2. The largest absolute Gasteiger partial charge is 0.497 e. The van der Waals surface area contributed by atoms with Gasteiger partial charge >= 0.3 is 0 Å². The van der Waals surface area contributed by atoms with E-state index >= 15 is 0 Å². The van der Waals surface area contributed by atoms with Gasteiger partial charge in [-0.05, 0) is 49.7 Å². The Bertz CT molecular complexity index is 1180. The van der Waals surface area contributed by atoms with E-state index in [4.69, 9.17) is 27.2 Å². The van der Waals surface area contributed by atoms with Crippen LogP contribution in [0.3, 0.4) is 0 Å². The summed E-state index contributed by atoms with van der Waals surface area (Å²) in [5.41, 5.74) is 8.08. The van der Waals surface area contributed by atoms with E-state index in [2.05, 4.69) is 20.6 Å². The Morgan fingerprint density at radius 2 is 1.77 bits per heavy atom. The number of anilines is 4. The lowest BCUT2D eigenvalue weighted by Crippen LogP contribution is -2.05. The van der Waals surface area contributed by atoms with Gasteiger partial charge in [0.15, 0.2) is 11.5 Å². The highest BCUT2D eigenvalue weighted by Crippen LogP contribution is 2.32. The van der Waals surface area contributed by atoms with Crippen LogP contribution in [0.2, 0.25) is 5.02 Å². The average Bonchev–Trinajstić information content (AvgIpc) is 3.12. The molecule has 4 N–H and O–H groups in total. The van der Waals surface area contributed by atoms with Crippen molar-refractivity contribution in [2.24, 2.45) is 5.73 Å². The Balaban J connectivity index is 1.76. The second-order valence-electron chi connectivity index (χ2n) is 6.98. The van der Waals surface area contributed by atoms with Crippen LogP contribution < -0.4 is 21.1 Å². The minimum absolute atomic E-state index is 0.641. The summed E-state index contributed by atoms with van der Waals surface area (Å²) in [4.78, 5) is 8.98. The van der Waals surface area contributed by atoms with E-state index in [1.165, 1.54) is 6.33 Å². The first-order valence-corrected chi connectivity index (χ1v) is 10.4. The molecule has 2 heterocycles. The Kier molecular flexibility index (Phi) is 6.49. The van der Waals surface area contributed by atoms with Crippen LogP contribution in [0.5, 0.6) is 5.75 Å². The van der Waals surface area contributed by atoms with Crippen molar-refractivity contribution in [1.82, 2.24) is 19.7 Å². The molecule has 0 aliphatic carbocycles. The van der Waals surface area contributed by atoms with Crippen LogP contribution in [-0.2, 0) is 6.54 Å². The number of aromatic nitrogens is 4. The van der Waals surface area contributed by atoms with Gasteiger partial charge in [-0.1, -0.05) is 23.7 Å². The number of rotatable bonds is 9. The first kappa shape index (κ1) is 20.9. The van der Waals surface area contributed by atoms with Gasteiger partial charge in [0.25, 0.3) is 0 Å². The lowest BCUT2D eigenvalue weighted by molar-refractivity contribution is 0.415. The van der Waals surface area contributed by atoms with Gasteiger partial charge < -0.3 is 21.1 Å². The third-order valence-corrected chi connectivity index (χ3v) is 5.01. The van der Waals surface area contributed by atoms with Crippen LogP contribution in [0.25, 0.3) is 11.0 Å². The Morgan fingerprint density at radius 3 is 2.55 bits per heavy atom. The van der Waals surface area contributed by atoms with E-state index in [1.54, 1.807) is 7.11 Å². The number of hydrogen-bond acceptors (Lipinski definition) is 7. The van der Waals surface area contributed by atoms with Gasteiger partial charge in [-0.2, -0.15) is 5.10 Å². The minimum atomic E-state index is 0.641. The van der Waals surface area contributed by atoms with Gasteiger partial charge in [0, 0.05) is 29.0 Å². The van der Waals surface area contributed by atoms with Crippen molar-refractivity contribution in [1.29, 1.82) is 0 Å². The van der Waals surface area contributed by atoms with Crippen molar-refractivity contribution in [2.45, 2.75) is 19.4 Å². The van der Waals surface area contributed by atoms with E-state index in [0.29, 0.717) is 29.7 Å². The number of ether oxygens (including phenoxy) is 1. The molecular weight excluding hydrogens is 414 g/mol. The molecule has 0 saturated heterocycles. The molecule has 0 aliphatic heterocycles. The number of methoxy groups -OCH3 is 1. The van der Waals surface area contributed by atoms with E-state index in [9.17, 15) is 0 Å². The summed E-state index contributed by atoms with van der Waals surface area (Å²) in [5, 5.41) is 12.9. The SMILES string of the molecule is COc1cccc(Nc2nn(CCCCN)c3ncnc(Nc4cccc(Cl)c4)c23)c1. The first-order valence-electron chi connectivity index (χ1n) is 10.0. The molecule has 0 spiro atoms. The molecule has 9 heteroatoms. The number of nitrogens with zero attached hydrogens (tertiary/aromatic N) is 4.